The van der Waals surface area contributed by atoms with Crippen LogP contribution in [0, 0.1) is 27.7 Å². The minimum atomic E-state index is 0. The average Bonchev–Trinajstić information content (AvgIpc) is 3.24. The lowest BCUT2D eigenvalue weighted by atomic mass is 9.85. The van der Waals surface area contributed by atoms with Gasteiger partial charge in [0, 0.05) is 36.2 Å². The summed E-state index contributed by atoms with van der Waals surface area (Å²) in [6.45, 7) is 27.9. The van der Waals surface area contributed by atoms with E-state index in [4.69, 9.17) is 4.42 Å². The average molecular weight is 474 g/mol. The molecular formula is C28H51N5O. The number of hydrogen-bond donors (Lipinski definition) is 0. The van der Waals surface area contributed by atoms with Crippen LogP contribution in [-0.2, 0) is 30.3 Å². The molecule has 0 aliphatic rings. The third kappa shape index (κ3) is 8.14. The van der Waals surface area contributed by atoms with Crippen LogP contribution in [-0.4, -0.2) is 24.8 Å². The zero-order chi connectivity index (χ0) is 25.9. The predicted molar refractivity (Wildman–Crippen MR) is 145 cm³/mol. The lowest BCUT2D eigenvalue weighted by Crippen LogP contribution is -2.17. The van der Waals surface area contributed by atoms with Crippen LogP contribution in [0.2, 0.25) is 0 Å². The maximum atomic E-state index is 5.32. The van der Waals surface area contributed by atoms with Gasteiger partial charge in [-0.25, -0.2) is 0 Å². The van der Waals surface area contributed by atoms with Crippen molar-refractivity contribution in [3.63, 3.8) is 0 Å². The van der Waals surface area contributed by atoms with Gasteiger partial charge in [-0.1, -0.05) is 75.0 Å². The summed E-state index contributed by atoms with van der Waals surface area (Å²) in [5.41, 5.74) is 7.99. The van der Waals surface area contributed by atoms with E-state index in [1.807, 2.05) is 49.8 Å². The van der Waals surface area contributed by atoms with Crippen LogP contribution < -0.4 is 0 Å². The molecule has 0 aliphatic carbocycles. The fraction of sp³-hybridized carbons (Fsp3) is 0.679. The quantitative estimate of drug-likeness (QED) is 0.344. The highest BCUT2D eigenvalue weighted by Gasteiger charge is 2.22. The first-order valence-corrected chi connectivity index (χ1v) is 11.7. The van der Waals surface area contributed by atoms with Gasteiger partial charge in [0.1, 0.15) is 5.76 Å². The second kappa shape index (κ2) is 11.4. The third-order valence-corrected chi connectivity index (χ3v) is 5.45. The van der Waals surface area contributed by atoms with E-state index in [0.29, 0.717) is 0 Å². The van der Waals surface area contributed by atoms with Crippen LogP contribution in [0.4, 0.5) is 0 Å². The molecule has 0 spiro atoms. The zero-order valence-electron chi connectivity index (χ0n) is 23.8. The van der Waals surface area contributed by atoms with Crippen LogP contribution in [0.1, 0.15) is 109 Å². The molecule has 0 atom stereocenters. The Kier molecular flexibility index (Phi) is 10.6. The third-order valence-electron chi connectivity index (χ3n) is 5.45. The van der Waals surface area contributed by atoms with Crippen LogP contribution in [0.5, 0.6) is 0 Å². The maximum absolute atomic E-state index is 5.32. The van der Waals surface area contributed by atoms with E-state index in [0.717, 1.165) is 11.5 Å². The van der Waals surface area contributed by atoms with E-state index < -0.39 is 0 Å². The van der Waals surface area contributed by atoms with Gasteiger partial charge in [0.05, 0.1) is 23.8 Å². The molecule has 0 saturated carbocycles. The standard InChI is InChI=1S/C10H16O.C9H16N2.C8H15N3.CH4/c1-7-6-11-8(2)9(7)10(3,4)5;1-7-6-10-11(5)8(7)9(2,3)4;1-6-7(8(2,3)4)11(5)10-9-6;/h2*6H,1-5H3;1-5H3;1H4. The molecule has 0 aliphatic heterocycles. The van der Waals surface area contributed by atoms with Crippen molar-refractivity contribution < 1.29 is 4.42 Å². The Balaban J connectivity index is 0.000000473. The lowest BCUT2D eigenvalue weighted by molar-refractivity contribution is 0.506. The SMILES string of the molecule is C.Cc1cnn(C)c1C(C)(C)C.Cc1coc(C)c1C(C)(C)C.Cc1nnn(C)c1C(C)(C)C. The van der Waals surface area contributed by atoms with Crippen molar-refractivity contribution in [1.82, 2.24) is 24.8 Å². The Bertz CT molecular complexity index is 838. The summed E-state index contributed by atoms with van der Waals surface area (Å²) >= 11 is 0. The van der Waals surface area contributed by atoms with E-state index in [9.17, 15) is 0 Å². The summed E-state index contributed by atoms with van der Waals surface area (Å²) in [5, 5.41) is 12.1. The monoisotopic (exact) mass is 473 g/mol. The van der Waals surface area contributed by atoms with Gasteiger partial charge in [-0.2, -0.15) is 5.10 Å². The lowest BCUT2D eigenvalue weighted by Gasteiger charge is -2.19. The molecule has 3 aromatic heterocycles. The Morgan fingerprint density at radius 1 is 0.706 bits per heavy atom. The van der Waals surface area contributed by atoms with Crippen LogP contribution in [0.15, 0.2) is 16.9 Å². The molecule has 34 heavy (non-hydrogen) atoms. The number of rotatable bonds is 0. The molecule has 0 fully saturated rings. The second-order valence-corrected chi connectivity index (χ2v) is 12.0. The molecule has 3 aromatic rings. The van der Waals surface area contributed by atoms with E-state index >= 15 is 0 Å². The molecule has 0 bridgehead atoms. The van der Waals surface area contributed by atoms with Gasteiger partial charge in [-0.05, 0) is 44.2 Å². The van der Waals surface area contributed by atoms with Crippen LogP contribution in [0.3, 0.4) is 0 Å². The summed E-state index contributed by atoms with van der Waals surface area (Å²) in [7, 11) is 3.92. The molecule has 3 rings (SSSR count). The molecular weight excluding hydrogens is 422 g/mol. The predicted octanol–water partition coefficient (Wildman–Crippen LogP) is 7.28. The molecule has 3 heterocycles. The van der Waals surface area contributed by atoms with Gasteiger partial charge in [0.2, 0.25) is 0 Å². The van der Waals surface area contributed by atoms with Crippen molar-refractivity contribution >= 4 is 0 Å². The van der Waals surface area contributed by atoms with Crippen molar-refractivity contribution in [2.24, 2.45) is 14.1 Å². The van der Waals surface area contributed by atoms with Crippen LogP contribution >= 0.6 is 0 Å². The van der Waals surface area contributed by atoms with Gasteiger partial charge < -0.3 is 4.42 Å². The number of hydrogen-bond acceptors (Lipinski definition) is 4. The first-order chi connectivity index (χ1) is 14.8. The second-order valence-electron chi connectivity index (χ2n) is 12.0. The van der Waals surface area contributed by atoms with Gasteiger partial charge in [-0.3, -0.25) is 9.36 Å². The minimum absolute atomic E-state index is 0. The first-order valence-electron chi connectivity index (χ1n) is 11.7. The largest absolute Gasteiger partial charge is 0.469 e. The maximum Gasteiger partial charge on any atom is 0.104 e. The number of nitrogens with zero attached hydrogens (tertiary/aromatic N) is 5. The van der Waals surface area contributed by atoms with E-state index in [-0.39, 0.29) is 23.7 Å². The van der Waals surface area contributed by atoms with Gasteiger partial charge >= 0.3 is 0 Å². The Morgan fingerprint density at radius 2 is 1.21 bits per heavy atom. The molecule has 0 amide bonds. The normalized spacial score (nSPS) is 11.7. The molecule has 0 aromatic carbocycles. The highest BCUT2D eigenvalue weighted by atomic mass is 16.3. The van der Waals surface area contributed by atoms with E-state index in [2.05, 4.69) is 91.6 Å². The van der Waals surface area contributed by atoms with Crippen molar-refractivity contribution in [1.29, 1.82) is 0 Å². The molecule has 194 valence electrons. The van der Waals surface area contributed by atoms with E-state index in [1.165, 1.54) is 28.1 Å². The minimum Gasteiger partial charge on any atom is -0.469 e. The van der Waals surface area contributed by atoms with Gasteiger partial charge in [-0.15, -0.1) is 5.10 Å². The van der Waals surface area contributed by atoms with Gasteiger partial charge in [0.25, 0.3) is 0 Å². The van der Waals surface area contributed by atoms with Crippen LogP contribution in [0.25, 0.3) is 0 Å². The van der Waals surface area contributed by atoms with E-state index in [1.54, 1.807) is 0 Å². The summed E-state index contributed by atoms with van der Waals surface area (Å²) in [6, 6.07) is 0. The smallest absolute Gasteiger partial charge is 0.104 e. The summed E-state index contributed by atoms with van der Waals surface area (Å²) in [6.07, 6.45) is 3.75. The molecule has 6 nitrogen and oxygen atoms in total. The first kappa shape index (κ1) is 31.6. The number of aromatic nitrogens is 5. The zero-order valence-corrected chi connectivity index (χ0v) is 23.8. The topological polar surface area (TPSA) is 61.7 Å². The fourth-order valence-electron chi connectivity index (χ4n) is 4.80. The van der Waals surface area contributed by atoms with Crippen molar-refractivity contribution in [3.05, 3.63) is 52.0 Å². The molecule has 6 heteroatoms. The number of furan rings is 1. The summed E-state index contributed by atoms with van der Waals surface area (Å²) in [5.74, 6) is 1.05. The molecule has 0 N–H and O–H groups in total. The van der Waals surface area contributed by atoms with Crippen molar-refractivity contribution in [2.75, 3.05) is 0 Å². The van der Waals surface area contributed by atoms with Crippen molar-refractivity contribution in [2.45, 2.75) is 114 Å². The molecule has 0 saturated heterocycles. The highest BCUT2D eigenvalue weighted by Crippen LogP contribution is 2.29. The highest BCUT2D eigenvalue weighted by molar-refractivity contribution is 5.32. The Hall–Kier alpha value is -2.37. The fourth-order valence-corrected chi connectivity index (χ4v) is 4.80. The molecule has 0 unspecified atom stereocenters. The Labute approximate surface area is 209 Å². The van der Waals surface area contributed by atoms with Crippen molar-refractivity contribution in [3.8, 4) is 0 Å². The van der Waals surface area contributed by atoms with Gasteiger partial charge in [0.15, 0.2) is 0 Å². The number of aryl methyl sites for hydroxylation is 6. The Morgan fingerprint density at radius 3 is 1.38 bits per heavy atom. The summed E-state index contributed by atoms with van der Waals surface area (Å²) < 4.78 is 9.12. The summed E-state index contributed by atoms with van der Waals surface area (Å²) in [4.78, 5) is 0. The molecule has 0 radical (unpaired) electrons.